The zero-order chi connectivity index (χ0) is 8.97. The molecule has 12 heavy (non-hydrogen) atoms. The van der Waals surface area contributed by atoms with Gasteiger partial charge in [0.05, 0.1) is 5.00 Å². The van der Waals surface area contributed by atoms with Crippen LogP contribution in [0.15, 0.2) is 17.5 Å². The van der Waals surface area contributed by atoms with Gasteiger partial charge in [-0.2, -0.15) is 12.6 Å². The van der Waals surface area contributed by atoms with E-state index in [9.17, 15) is 4.79 Å². The van der Waals surface area contributed by atoms with Gasteiger partial charge in [0.15, 0.2) is 0 Å². The van der Waals surface area contributed by atoms with Crippen molar-refractivity contribution in [1.29, 1.82) is 0 Å². The Kier molecular flexibility index (Phi) is 3.43. The van der Waals surface area contributed by atoms with Gasteiger partial charge in [-0.3, -0.25) is 0 Å². The van der Waals surface area contributed by atoms with E-state index in [4.69, 9.17) is 5.11 Å². The van der Waals surface area contributed by atoms with E-state index in [0.717, 1.165) is 5.00 Å². The van der Waals surface area contributed by atoms with Gasteiger partial charge in [0.1, 0.15) is 6.04 Å². The second-order valence-corrected chi connectivity index (χ2v) is 3.51. The number of nitrogens with one attached hydrogen (secondary N) is 1. The summed E-state index contributed by atoms with van der Waals surface area (Å²) in [4.78, 5) is 10.6. The average molecular weight is 203 g/mol. The third-order valence-electron chi connectivity index (χ3n) is 1.32. The van der Waals surface area contributed by atoms with Crippen LogP contribution >= 0.6 is 24.0 Å². The van der Waals surface area contributed by atoms with Crippen LogP contribution in [0.4, 0.5) is 5.00 Å². The lowest BCUT2D eigenvalue weighted by atomic mass is 10.3. The summed E-state index contributed by atoms with van der Waals surface area (Å²) in [6, 6.07) is 3.10. The maximum atomic E-state index is 10.6. The van der Waals surface area contributed by atoms with Gasteiger partial charge in [0, 0.05) is 5.75 Å². The molecule has 0 radical (unpaired) electrons. The van der Waals surface area contributed by atoms with E-state index in [0.29, 0.717) is 0 Å². The fourth-order valence-corrected chi connectivity index (χ4v) is 1.64. The lowest BCUT2D eigenvalue weighted by molar-refractivity contribution is -0.137. The van der Waals surface area contributed by atoms with Crippen molar-refractivity contribution < 1.29 is 9.90 Å². The Balaban J connectivity index is 2.54. The molecule has 0 aliphatic heterocycles. The van der Waals surface area contributed by atoms with Gasteiger partial charge in [0.2, 0.25) is 0 Å². The van der Waals surface area contributed by atoms with Gasteiger partial charge >= 0.3 is 5.97 Å². The molecule has 0 fully saturated rings. The maximum Gasteiger partial charge on any atom is 0.326 e. The molecule has 1 aromatic heterocycles. The van der Waals surface area contributed by atoms with E-state index >= 15 is 0 Å². The van der Waals surface area contributed by atoms with Gasteiger partial charge in [-0.05, 0) is 17.5 Å². The minimum Gasteiger partial charge on any atom is -0.480 e. The molecule has 0 aliphatic rings. The summed E-state index contributed by atoms with van der Waals surface area (Å²) in [6.07, 6.45) is 0. The van der Waals surface area contributed by atoms with E-state index < -0.39 is 12.0 Å². The summed E-state index contributed by atoms with van der Waals surface area (Å²) in [5.74, 6) is -0.592. The third kappa shape index (κ3) is 2.42. The van der Waals surface area contributed by atoms with Crippen molar-refractivity contribution in [2.75, 3.05) is 11.1 Å². The van der Waals surface area contributed by atoms with Gasteiger partial charge in [0.25, 0.3) is 0 Å². The Labute approximate surface area is 79.8 Å². The van der Waals surface area contributed by atoms with Crippen molar-refractivity contribution in [3.63, 3.8) is 0 Å². The van der Waals surface area contributed by atoms with Gasteiger partial charge < -0.3 is 10.4 Å². The van der Waals surface area contributed by atoms with Crippen LogP contribution in [-0.2, 0) is 4.79 Å². The molecule has 1 unspecified atom stereocenters. The largest absolute Gasteiger partial charge is 0.480 e. The first-order valence-corrected chi connectivity index (χ1v) is 4.89. The number of hydrogen-bond acceptors (Lipinski definition) is 4. The molecule has 1 aromatic rings. The topological polar surface area (TPSA) is 49.3 Å². The van der Waals surface area contributed by atoms with Crippen molar-refractivity contribution in [1.82, 2.24) is 0 Å². The van der Waals surface area contributed by atoms with Gasteiger partial charge in [-0.15, -0.1) is 11.3 Å². The summed E-state index contributed by atoms with van der Waals surface area (Å²) in [7, 11) is 0. The number of rotatable bonds is 4. The molecular weight excluding hydrogens is 194 g/mol. The van der Waals surface area contributed by atoms with Crippen LogP contribution in [0.1, 0.15) is 0 Å². The average Bonchev–Trinajstić information content (AvgIpc) is 2.51. The molecule has 0 aromatic carbocycles. The highest BCUT2D eigenvalue weighted by molar-refractivity contribution is 7.80. The highest BCUT2D eigenvalue weighted by Gasteiger charge is 2.14. The number of carboxylic acids is 1. The number of carbonyl (C=O) groups is 1. The molecule has 66 valence electrons. The summed E-state index contributed by atoms with van der Waals surface area (Å²) in [5.41, 5.74) is 0. The number of anilines is 1. The molecule has 1 rings (SSSR count). The van der Waals surface area contributed by atoms with Crippen LogP contribution < -0.4 is 5.32 Å². The van der Waals surface area contributed by atoms with Crippen LogP contribution in [0.3, 0.4) is 0 Å². The van der Waals surface area contributed by atoms with E-state index in [1.807, 2.05) is 17.5 Å². The first-order chi connectivity index (χ1) is 5.74. The number of hydrogen-bond donors (Lipinski definition) is 3. The Morgan fingerprint density at radius 1 is 1.83 bits per heavy atom. The smallest absolute Gasteiger partial charge is 0.326 e. The molecule has 0 amide bonds. The van der Waals surface area contributed by atoms with Crippen LogP contribution in [0.5, 0.6) is 0 Å². The molecule has 5 heteroatoms. The van der Waals surface area contributed by atoms with Crippen molar-refractivity contribution >= 4 is 34.9 Å². The normalized spacial score (nSPS) is 12.4. The summed E-state index contributed by atoms with van der Waals surface area (Å²) >= 11 is 5.40. The second kappa shape index (κ2) is 4.37. The molecule has 0 saturated carbocycles. The molecule has 2 N–H and O–H groups in total. The van der Waals surface area contributed by atoms with Crippen LogP contribution in [-0.4, -0.2) is 22.9 Å². The standard InChI is InChI=1S/C7H9NO2S2/c9-7(10)5(4-11)8-6-2-1-3-12-6/h1-3,5,8,11H,4H2,(H,9,10). The first-order valence-electron chi connectivity index (χ1n) is 3.37. The van der Waals surface area contributed by atoms with Gasteiger partial charge in [-0.25, -0.2) is 4.79 Å². The number of carboxylic acid groups (broad SMARTS) is 1. The quantitative estimate of drug-likeness (QED) is 0.651. The first kappa shape index (κ1) is 9.41. The molecule has 0 bridgehead atoms. The Morgan fingerprint density at radius 3 is 3.00 bits per heavy atom. The minimum atomic E-state index is -0.876. The van der Waals surface area contributed by atoms with Crippen LogP contribution in [0.2, 0.25) is 0 Å². The lowest BCUT2D eigenvalue weighted by Crippen LogP contribution is -2.30. The fraction of sp³-hybridized carbons (Fsp3) is 0.286. The van der Waals surface area contributed by atoms with Crippen molar-refractivity contribution in [2.24, 2.45) is 0 Å². The molecule has 1 atom stereocenters. The highest BCUT2D eigenvalue weighted by Crippen LogP contribution is 2.16. The molecule has 1 heterocycles. The van der Waals surface area contributed by atoms with Crippen molar-refractivity contribution in [3.8, 4) is 0 Å². The monoisotopic (exact) mass is 203 g/mol. The predicted octanol–water partition coefficient (Wildman–Crippen LogP) is 1.54. The van der Waals surface area contributed by atoms with E-state index in [-0.39, 0.29) is 5.75 Å². The van der Waals surface area contributed by atoms with E-state index in [1.54, 1.807) is 0 Å². The fourth-order valence-electron chi connectivity index (χ4n) is 0.718. The van der Waals surface area contributed by atoms with Gasteiger partial charge in [-0.1, -0.05) is 0 Å². The molecular formula is C7H9NO2S2. The second-order valence-electron chi connectivity index (χ2n) is 2.20. The Hall–Kier alpha value is -0.680. The molecule has 0 saturated heterocycles. The SMILES string of the molecule is O=C(O)C(CS)Nc1cccs1. The number of thiol groups is 1. The molecule has 0 spiro atoms. The predicted molar refractivity (Wildman–Crippen MR) is 53.2 cm³/mol. The van der Waals surface area contributed by atoms with E-state index in [2.05, 4.69) is 17.9 Å². The Bertz CT molecular complexity index is 248. The molecule has 0 aliphatic carbocycles. The molecule has 3 nitrogen and oxygen atoms in total. The van der Waals surface area contributed by atoms with Crippen molar-refractivity contribution in [3.05, 3.63) is 17.5 Å². The third-order valence-corrected chi connectivity index (χ3v) is 2.48. The summed E-state index contributed by atoms with van der Waals surface area (Å²) < 4.78 is 0. The minimum absolute atomic E-state index is 0.285. The summed E-state index contributed by atoms with van der Waals surface area (Å²) in [5, 5.41) is 14.3. The van der Waals surface area contributed by atoms with E-state index in [1.165, 1.54) is 11.3 Å². The van der Waals surface area contributed by atoms with Crippen molar-refractivity contribution in [2.45, 2.75) is 6.04 Å². The zero-order valence-corrected chi connectivity index (χ0v) is 7.94. The van der Waals surface area contributed by atoms with Crippen LogP contribution in [0, 0.1) is 0 Å². The number of aliphatic carboxylic acids is 1. The highest BCUT2D eigenvalue weighted by atomic mass is 32.1. The number of thiophene rings is 1. The van der Waals surface area contributed by atoms with Crippen LogP contribution in [0.25, 0.3) is 0 Å². The maximum absolute atomic E-state index is 10.6. The lowest BCUT2D eigenvalue weighted by Gasteiger charge is -2.10. The summed E-state index contributed by atoms with van der Waals surface area (Å²) in [6.45, 7) is 0. The zero-order valence-electron chi connectivity index (χ0n) is 6.23. The Morgan fingerprint density at radius 2 is 2.58 bits per heavy atom.